The van der Waals surface area contributed by atoms with Gasteiger partial charge >= 0.3 is 0 Å². The summed E-state index contributed by atoms with van der Waals surface area (Å²) in [6.07, 6.45) is 0. The predicted molar refractivity (Wildman–Crippen MR) is 94.1 cm³/mol. The van der Waals surface area contributed by atoms with Crippen molar-refractivity contribution in [3.63, 3.8) is 0 Å². The summed E-state index contributed by atoms with van der Waals surface area (Å²) in [7, 11) is 0. The van der Waals surface area contributed by atoms with Crippen LogP contribution in [0.4, 0.5) is 5.95 Å². The summed E-state index contributed by atoms with van der Waals surface area (Å²) in [5.74, 6) is 0.951. The molecule has 4 rings (SSSR count). The number of benzene rings is 2. The van der Waals surface area contributed by atoms with Crippen LogP contribution >= 0.6 is 0 Å². The van der Waals surface area contributed by atoms with E-state index in [2.05, 4.69) is 9.97 Å². The third-order valence-corrected chi connectivity index (χ3v) is 3.75. The Morgan fingerprint density at radius 1 is 0.833 bits per heavy atom. The highest BCUT2D eigenvalue weighted by Gasteiger charge is 2.12. The van der Waals surface area contributed by atoms with Gasteiger partial charge in [0, 0.05) is 6.07 Å². The molecule has 2 heterocycles. The summed E-state index contributed by atoms with van der Waals surface area (Å²) in [5, 5.41) is 0. The molecule has 5 nitrogen and oxygen atoms in total. The summed E-state index contributed by atoms with van der Waals surface area (Å²) >= 11 is 0. The maximum Gasteiger partial charge on any atom is 0.215 e. The first-order valence-electron chi connectivity index (χ1n) is 7.68. The Kier molecular flexibility index (Phi) is 3.59. The van der Waals surface area contributed by atoms with Crippen LogP contribution in [0.2, 0.25) is 0 Å². The quantitative estimate of drug-likeness (QED) is 0.625. The highest BCUT2D eigenvalue weighted by Crippen LogP contribution is 2.23. The number of imidazole rings is 1. The van der Waals surface area contributed by atoms with Crippen LogP contribution in [0.5, 0.6) is 5.88 Å². The highest BCUT2D eigenvalue weighted by atomic mass is 16.5. The lowest BCUT2D eigenvalue weighted by atomic mass is 10.2. The van der Waals surface area contributed by atoms with Gasteiger partial charge in [0.25, 0.3) is 0 Å². The molecule has 2 aromatic heterocycles. The molecule has 0 aliphatic heterocycles. The SMILES string of the molecule is Nc1nc2ccc(OCc3ccccc3)nc2n1-c1ccccc1. The van der Waals surface area contributed by atoms with Crippen LogP contribution in [0, 0.1) is 0 Å². The first-order valence-corrected chi connectivity index (χ1v) is 7.68. The Morgan fingerprint density at radius 2 is 1.54 bits per heavy atom. The molecule has 5 heteroatoms. The van der Waals surface area contributed by atoms with Gasteiger partial charge in [-0.25, -0.2) is 4.98 Å². The number of fused-ring (bicyclic) bond motifs is 1. The largest absolute Gasteiger partial charge is 0.473 e. The monoisotopic (exact) mass is 316 g/mol. The zero-order valence-corrected chi connectivity index (χ0v) is 13.0. The molecular weight excluding hydrogens is 300 g/mol. The molecule has 0 aliphatic rings. The first-order chi connectivity index (χ1) is 11.8. The van der Waals surface area contributed by atoms with Gasteiger partial charge in [0.05, 0.1) is 5.69 Å². The minimum atomic E-state index is 0.406. The summed E-state index contributed by atoms with van der Waals surface area (Å²) in [6.45, 7) is 0.467. The van der Waals surface area contributed by atoms with Crippen molar-refractivity contribution in [1.82, 2.24) is 14.5 Å². The van der Waals surface area contributed by atoms with E-state index in [-0.39, 0.29) is 0 Å². The van der Waals surface area contributed by atoms with E-state index in [1.807, 2.05) is 77.4 Å². The average Bonchev–Trinajstić information content (AvgIpc) is 2.96. The predicted octanol–water partition coefficient (Wildman–Crippen LogP) is 3.58. The fourth-order valence-corrected chi connectivity index (χ4v) is 2.60. The van der Waals surface area contributed by atoms with Gasteiger partial charge < -0.3 is 10.5 Å². The Labute approximate surface area is 139 Å². The van der Waals surface area contributed by atoms with E-state index in [9.17, 15) is 0 Å². The first kappa shape index (κ1) is 14.3. The molecule has 2 aromatic carbocycles. The Balaban J connectivity index is 1.69. The van der Waals surface area contributed by atoms with E-state index in [0.717, 1.165) is 16.8 Å². The molecule has 0 atom stereocenters. The van der Waals surface area contributed by atoms with Crippen molar-refractivity contribution in [2.45, 2.75) is 6.61 Å². The molecule has 2 N–H and O–H groups in total. The lowest BCUT2D eigenvalue weighted by molar-refractivity contribution is 0.295. The molecular formula is C19H16N4O. The van der Waals surface area contributed by atoms with E-state index in [4.69, 9.17) is 10.5 Å². The molecule has 4 aromatic rings. The number of hydrogen-bond acceptors (Lipinski definition) is 4. The molecule has 0 bridgehead atoms. The number of aromatic nitrogens is 3. The Hall–Kier alpha value is -3.34. The van der Waals surface area contributed by atoms with Crippen molar-refractivity contribution in [3.8, 4) is 11.6 Å². The molecule has 0 radical (unpaired) electrons. The van der Waals surface area contributed by atoms with Gasteiger partial charge in [-0.3, -0.25) is 4.57 Å². The van der Waals surface area contributed by atoms with Crippen LogP contribution < -0.4 is 10.5 Å². The van der Waals surface area contributed by atoms with Crippen molar-refractivity contribution in [2.75, 3.05) is 5.73 Å². The third kappa shape index (κ3) is 2.67. The van der Waals surface area contributed by atoms with Gasteiger partial charge in [0.15, 0.2) is 5.65 Å². The second kappa shape index (κ2) is 6.04. The Morgan fingerprint density at radius 3 is 2.29 bits per heavy atom. The van der Waals surface area contributed by atoms with Crippen LogP contribution in [0.25, 0.3) is 16.9 Å². The summed E-state index contributed by atoms with van der Waals surface area (Å²) < 4.78 is 7.63. The number of rotatable bonds is 4. The van der Waals surface area contributed by atoms with Gasteiger partial charge in [0.2, 0.25) is 11.8 Å². The van der Waals surface area contributed by atoms with E-state index in [1.54, 1.807) is 0 Å². The number of ether oxygens (including phenoxy) is 1. The van der Waals surface area contributed by atoms with Crippen LogP contribution in [0.15, 0.2) is 72.8 Å². The molecule has 0 saturated carbocycles. The lowest BCUT2D eigenvalue weighted by Crippen LogP contribution is -2.02. The van der Waals surface area contributed by atoms with Crippen molar-refractivity contribution in [1.29, 1.82) is 0 Å². The van der Waals surface area contributed by atoms with Crippen molar-refractivity contribution >= 4 is 17.1 Å². The minimum absolute atomic E-state index is 0.406. The van der Waals surface area contributed by atoms with Gasteiger partial charge in [-0.15, -0.1) is 0 Å². The molecule has 24 heavy (non-hydrogen) atoms. The van der Waals surface area contributed by atoms with E-state index in [0.29, 0.717) is 24.1 Å². The highest BCUT2D eigenvalue weighted by molar-refractivity contribution is 5.77. The van der Waals surface area contributed by atoms with Gasteiger partial charge in [-0.1, -0.05) is 48.5 Å². The zero-order chi connectivity index (χ0) is 16.4. The number of anilines is 1. The number of nitrogen functional groups attached to an aromatic ring is 1. The van der Waals surface area contributed by atoms with Gasteiger partial charge in [-0.05, 0) is 23.8 Å². The van der Waals surface area contributed by atoms with Crippen LogP contribution in [0.3, 0.4) is 0 Å². The molecule has 0 saturated heterocycles. The number of nitrogens with two attached hydrogens (primary N) is 1. The fourth-order valence-electron chi connectivity index (χ4n) is 2.60. The normalized spacial score (nSPS) is 10.8. The van der Waals surface area contributed by atoms with E-state index in [1.165, 1.54) is 0 Å². The third-order valence-electron chi connectivity index (χ3n) is 3.75. The standard InChI is InChI=1S/C19H16N4O/c20-19-21-16-11-12-17(24-13-14-7-3-1-4-8-14)22-18(16)23(19)15-9-5-2-6-10-15/h1-12H,13H2,(H2,20,21). The average molecular weight is 316 g/mol. The maximum atomic E-state index is 6.07. The lowest BCUT2D eigenvalue weighted by Gasteiger charge is -2.08. The van der Waals surface area contributed by atoms with E-state index < -0.39 is 0 Å². The molecule has 0 fully saturated rings. The maximum absolute atomic E-state index is 6.07. The zero-order valence-electron chi connectivity index (χ0n) is 13.0. The van der Waals surface area contributed by atoms with Crippen molar-refractivity contribution in [3.05, 3.63) is 78.4 Å². The molecule has 0 aliphatic carbocycles. The van der Waals surface area contributed by atoms with Gasteiger partial charge in [0.1, 0.15) is 12.1 Å². The second-order valence-corrected chi connectivity index (χ2v) is 5.41. The second-order valence-electron chi connectivity index (χ2n) is 5.41. The Bertz CT molecular complexity index is 965. The molecule has 0 amide bonds. The number of para-hydroxylation sites is 1. The fraction of sp³-hybridized carbons (Fsp3) is 0.0526. The van der Waals surface area contributed by atoms with Crippen LogP contribution in [0.1, 0.15) is 5.56 Å². The minimum Gasteiger partial charge on any atom is -0.473 e. The van der Waals surface area contributed by atoms with E-state index >= 15 is 0 Å². The van der Waals surface area contributed by atoms with Crippen molar-refractivity contribution < 1.29 is 4.74 Å². The van der Waals surface area contributed by atoms with Crippen LogP contribution in [-0.4, -0.2) is 14.5 Å². The van der Waals surface area contributed by atoms with Crippen molar-refractivity contribution in [2.24, 2.45) is 0 Å². The topological polar surface area (TPSA) is 66.0 Å². The smallest absolute Gasteiger partial charge is 0.215 e. The summed E-state index contributed by atoms with van der Waals surface area (Å²) in [6, 6.07) is 23.5. The number of nitrogens with zero attached hydrogens (tertiary/aromatic N) is 3. The van der Waals surface area contributed by atoms with Gasteiger partial charge in [-0.2, -0.15) is 4.98 Å². The number of hydrogen-bond donors (Lipinski definition) is 1. The molecule has 0 unspecified atom stereocenters. The number of pyridine rings is 1. The summed E-state index contributed by atoms with van der Waals surface area (Å²) in [4.78, 5) is 8.96. The van der Waals surface area contributed by atoms with Crippen LogP contribution in [-0.2, 0) is 6.61 Å². The molecule has 118 valence electrons. The summed E-state index contributed by atoms with van der Waals surface area (Å²) in [5.41, 5.74) is 9.51. The molecule has 0 spiro atoms.